The molecule has 3 rings (SSSR count). The molecule has 0 radical (unpaired) electrons. The number of fused-ring (bicyclic) bond motifs is 1. The van der Waals surface area contributed by atoms with Crippen molar-refractivity contribution in [2.75, 3.05) is 0 Å². The molecule has 0 spiro atoms. The van der Waals surface area contributed by atoms with E-state index in [4.69, 9.17) is 0 Å². The van der Waals surface area contributed by atoms with Gasteiger partial charge in [-0.3, -0.25) is 9.78 Å². The first-order valence-electron chi connectivity index (χ1n) is 7.81. The van der Waals surface area contributed by atoms with Crippen LogP contribution in [0.3, 0.4) is 0 Å². The summed E-state index contributed by atoms with van der Waals surface area (Å²) in [6, 6.07) is 17.7. The van der Waals surface area contributed by atoms with Gasteiger partial charge >= 0.3 is 0 Å². The first kappa shape index (κ1) is 15.2. The molecule has 0 saturated heterocycles. The molecule has 2 nitrogen and oxygen atoms in total. The Labute approximate surface area is 136 Å². The van der Waals surface area contributed by atoms with Crippen LogP contribution in [-0.2, 0) is 0 Å². The number of ketones is 1. The maximum absolute atomic E-state index is 12.3. The van der Waals surface area contributed by atoms with Gasteiger partial charge < -0.3 is 0 Å². The molecule has 2 heteroatoms. The Hall–Kier alpha value is -2.74. The Bertz CT molecular complexity index is 855. The normalized spacial score (nSPS) is 11.4. The zero-order chi connectivity index (χ0) is 16.2. The molecule has 0 N–H and O–H groups in total. The molecule has 0 amide bonds. The van der Waals surface area contributed by atoms with Crippen molar-refractivity contribution in [1.29, 1.82) is 0 Å². The number of pyridine rings is 1. The number of hydrogen-bond donors (Lipinski definition) is 0. The molecule has 3 aromatic rings. The molecular weight excluding hydrogens is 282 g/mol. The van der Waals surface area contributed by atoms with E-state index in [1.807, 2.05) is 60.7 Å². The molecule has 0 aliphatic carbocycles. The van der Waals surface area contributed by atoms with Crippen molar-refractivity contribution in [3.63, 3.8) is 0 Å². The second-order valence-electron chi connectivity index (χ2n) is 5.89. The van der Waals surface area contributed by atoms with Crippen LogP contribution < -0.4 is 0 Å². The van der Waals surface area contributed by atoms with Gasteiger partial charge in [0.25, 0.3) is 0 Å². The molecule has 0 saturated carbocycles. The average Bonchev–Trinajstić information content (AvgIpc) is 2.59. The Balaban J connectivity index is 1.85. The van der Waals surface area contributed by atoms with E-state index in [0.29, 0.717) is 11.5 Å². The summed E-state index contributed by atoms with van der Waals surface area (Å²) in [6.07, 6.45) is 5.26. The minimum atomic E-state index is 0.0150. The number of benzene rings is 2. The smallest absolute Gasteiger partial charge is 0.185 e. The maximum Gasteiger partial charge on any atom is 0.185 e. The molecule has 0 aliphatic rings. The van der Waals surface area contributed by atoms with E-state index in [-0.39, 0.29) is 5.78 Å². The zero-order valence-corrected chi connectivity index (χ0v) is 13.4. The van der Waals surface area contributed by atoms with Crippen molar-refractivity contribution in [3.05, 3.63) is 83.6 Å². The fourth-order valence-electron chi connectivity index (χ4n) is 2.56. The van der Waals surface area contributed by atoms with Crippen LogP contribution in [0.4, 0.5) is 0 Å². The lowest BCUT2D eigenvalue weighted by Gasteiger charge is -2.05. The Kier molecular flexibility index (Phi) is 4.33. The second kappa shape index (κ2) is 6.57. The van der Waals surface area contributed by atoms with Gasteiger partial charge in [0.2, 0.25) is 0 Å². The van der Waals surface area contributed by atoms with Gasteiger partial charge in [-0.1, -0.05) is 62.4 Å². The second-order valence-corrected chi connectivity index (χ2v) is 5.89. The fourth-order valence-corrected chi connectivity index (χ4v) is 2.56. The number of nitrogens with zero attached hydrogens (tertiary/aromatic N) is 1. The van der Waals surface area contributed by atoms with Crippen LogP contribution in [-0.4, -0.2) is 10.8 Å². The SMILES string of the molecule is CC(C)c1ccc(C(=O)/C=C/c2ccnc3ccccc23)cc1. The van der Waals surface area contributed by atoms with Gasteiger partial charge in [0, 0.05) is 17.1 Å². The van der Waals surface area contributed by atoms with E-state index in [0.717, 1.165) is 16.5 Å². The maximum atomic E-state index is 12.3. The first-order chi connectivity index (χ1) is 11.1. The summed E-state index contributed by atoms with van der Waals surface area (Å²) in [5.41, 5.74) is 3.89. The Morgan fingerprint density at radius 1 is 1.00 bits per heavy atom. The van der Waals surface area contributed by atoms with E-state index < -0.39 is 0 Å². The van der Waals surface area contributed by atoms with Crippen molar-refractivity contribution in [2.24, 2.45) is 0 Å². The number of rotatable bonds is 4. The van der Waals surface area contributed by atoms with Crippen molar-refractivity contribution in [2.45, 2.75) is 19.8 Å². The highest BCUT2D eigenvalue weighted by Crippen LogP contribution is 2.18. The van der Waals surface area contributed by atoms with E-state index in [9.17, 15) is 4.79 Å². The van der Waals surface area contributed by atoms with Gasteiger partial charge in [0.15, 0.2) is 5.78 Å². The molecule has 1 aromatic heterocycles. The number of allylic oxidation sites excluding steroid dienone is 1. The van der Waals surface area contributed by atoms with Gasteiger partial charge in [-0.2, -0.15) is 0 Å². The minimum Gasteiger partial charge on any atom is -0.289 e. The number of carbonyl (C=O) groups is 1. The molecule has 114 valence electrons. The first-order valence-corrected chi connectivity index (χ1v) is 7.81. The van der Waals surface area contributed by atoms with Crippen molar-refractivity contribution < 1.29 is 4.79 Å². The third-order valence-electron chi connectivity index (χ3n) is 3.96. The van der Waals surface area contributed by atoms with E-state index in [1.165, 1.54) is 5.56 Å². The quantitative estimate of drug-likeness (QED) is 0.486. The molecular formula is C21H19NO. The average molecular weight is 301 g/mol. The highest BCUT2D eigenvalue weighted by Gasteiger charge is 2.04. The van der Waals surface area contributed by atoms with E-state index in [2.05, 4.69) is 18.8 Å². The molecule has 0 unspecified atom stereocenters. The number of aromatic nitrogens is 1. The summed E-state index contributed by atoms with van der Waals surface area (Å²) >= 11 is 0. The largest absolute Gasteiger partial charge is 0.289 e. The number of hydrogen-bond acceptors (Lipinski definition) is 2. The summed E-state index contributed by atoms with van der Waals surface area (Å²) in [4.78, 5) is 16.7. The summed E-state index contributed by atoms with van der Waals surface area (Å²) in [6.45, 7) is 4.29. The third kappa shape index (κ3) is 3.37. The summed E-state index contributed by atoms with van der Waals surface area (Å²) < 4.78 is 0. The standard InChI is InChI=1S/C21H19NO/c1-15(2)16-7-9-18(10-8-16)21(23)12-11-17-13-14-22-20-6-4-3-5-19(17)20/h3-15H,1-2H3/b12-11+. The van der Waals surface area contributed by atoms with Crippen LogP contribution >= 0.6 is 0 Å². The van der Waals surface area contributed by atoms with Gasteiger partial charge in [-0.05, 0) is 35.3 Å². The predicted molar refractivity (Wildman–Crippen MR) is 95.6 cm³/mol. The molecule has 2 aromatic carbocycles. The summed E-state index contributed by atoms with van der Waals surface area (Å²) in [5, 5.41) is 1.05. The van der Waals surface area contributed by atoms with Crippen LogP contribution in [0.2, 0.25) is 0 Å². The Morgan fingerprint density at radius 2 is 1.74 bits per heavy atom. The lowest BCUT2D eigenvalue weighted by molar-refractivity contribution is 0.104. The lowest BCUT2D eigenvalue weighted by atomic mass is 10.00. The molecule has 0 aliphatic heterocycles. The highest BCUT2D eigenvalue weighted by atomic mass is 16.1. The van der Waals surface area contributed by atoms with Gasteiger partial charge in [-0.25, -0.2) is 0 Å². The van der Waals surface area contributed by atoms with Gasteiger partial charge in [0.05, 0.1) is 5.52 Å². The van der Waals surface area contributed by atoms with Crippen LogP contribution in [0.15, 0.2) is 66.9 Å². The van der Waals surface area contributed by atoms with Crippen LogP contribution in [0, 0.1) is 0 Å². The monoisotopic (exact) mass is 301 g/mol. The van der Waals surface area contributed by atoms with E-state index >= 15 is 0 Å². The topological polar surface area (TPSA) is 30.0 Å². The minimum absolute atomic E-state index is 0.0150. The zero-order valence-electron chi connectivity index (χ0n) is 13.4. The molecule has 0 atom stereocenters. The van der Waals surface area contributed by atoms with Crippen molar-refractivity contribution >= 4 is 22.8 Å². The van der Waals surface area contributed by atoms with Crippen molar-refractivity contribution in [1.82, 2.24) is 4.98 Å². The van der Waals surface area contributed by atoms with Gasteiger partial charge in [0.1, 0.15) is 0 Å². The number of para-hydroxylation sites is 1. The highest BCUT2D eigenvalue weighted by molar-refractivity contribution is 6.07. The van der Waals surface area contributed by atoms with Crippen molar-refractivity contribution in [3.8, 4) is 0 Å². The summed E-state index contributed by atoms with van der Waals surface area (Å²) in [5.74, 6) is 0.485. The van der Waals surface area contributed by atoms with Crippen LogP contribution in [0.25, 0.3) is 17.0 Å². The predicted octanol–water partition coefficient (Wildman–Crippen LogP) is 5.25. The lowest BCUT2D eigenvalue weighted by Crippen LogP contribution is -1.95. The molecule has 0 bridgehead atoms. The molecule has 0 fully saturated rings. The molecule has 23 heavy (non-hydrogen) atoms. The Morgan fingerprint density at radius 3 is 2.48 bits per heavy atom. The molecule has 1 heterocycles. The third-order valence-corrected chi connectivity index (χ3v) is 3.96. The van der Waals surface area contributed by atoms with E-state index in [1.54, 1.807) is 12.3 Å². The summed E-state index contributed by atoms with van der Waals surface area (Å²) in [7, 11) is 0. The van der Waals surface area contributed by atoms with Crippen LogP contribution in [0.1, 0.15) is 41.3 Å². The fraction of sp³-hybridized carbons (Fsp3) is 0.143. The van der Waals surface area contributed by atoms with Crippen LogP contribution in [0.5, 0.6) is 0 Å². The van der Waals surface area contributed by atoms with Gasteiger partial charge in [-0.15, -0.1) is 0 Å². The number of carbonyl (C=O) groups excluding carboxylic acids is 1.